The van der Waals surface area contributed by atoms with Crippen LogP contribution in [0, 0.1) is 0 Å². The minimum Gasteiger partial charge on any atom is -0.394 e. The van der Waals surface area contributed by atoms with E-state index in [4.69, 9.17) is 52.7 Å². The van der Waals surface area contributed by atoms with Crippen LogP contribution >= 0.6 is 34.3 Å². The summed E-state index contributed by atoms with van der Waals surface area (Å²) in [7, 11) is -0.535. The number of halogens is 3. The lowest BCUT2D eigenvalue weighted by molar-refractivity contribution is 0.112. The molecule has 6 atom stereocenters. The summed E-state index contributed by atoms with van der Waals surface area (Å²) in [6.45, 7) is 29.7. The number of likely N-dealkylation sites (N-methyl/N-ethyl adjacent to an activating group) is 2. The van der Waals surface area contributed by atoms with E-state index in [9.17, 15) is 0 Å². The second-order valence-electron chi connectivity index (χ2n) is 13.0. The summed E-state index contributed by atoms with van der Waals surface area (Å²) in [6.07, 6.45) is 3.92. The SMILES string of the molecule is C=CC[Si]1(Cl)O[C@@H](c2ccccc2)[C@H](C)N1C.C=CC[Si]1(OC(C)C)O[C@@H](c2ccccc2)[C@H](C)N1C.CC(C)O.CCN(CC)CC.ClCCl. The molecule has 292 valence electrons. The molecule has 0 amide bonds. The maximum Gasteiger partial charge on any atom is 0.432 e. The van der Waals surface area contributed by atoms with Gasteiger partial charge in [0.25, 0.3) is 0 Å². The molecule has 2 fully saturated rings. The average Bonchev–Trinajstić information content (AvgIpc) is 3.47. The summed E-state index contributed by atoms with van der Waals surface area (Å²) in [5, 5.41) is 8.25. The number of alkyl halides is 2. The van der Waals surface area contributed by atoms with E-state index < -0.39 is 16.5 Å². The molecular formula is C39H68Cl3N3O4Si2. The minimum atomic E-state index is -2.39. The number of aliphatic hydroxyl groups is 1. The van der Waals surface area contributed by atoms with Crippen molar-refractivity contribution in [1.82, 2.24) is 14.0 Å². The Hall–Kier alpha value is -1.06. The van der Waals surface area contributed by atoms with Crippen LogP contribution in [-0.4, -0.2) is 99.0 Å². The van der Waals surface area contributed by atoms with Crippen LogP contribution in [0.2, 0.25) is 12.1 Å². The van der Waals surface area contributed by atoms with Crippen LogP contribution in [0.5, 0.6) is 0 Å². The van der Waals surface area contributed by atoms with E-state index >= 15 is 0 Å². The molecule has 2 unspecified atom stereocenters. The van der Waals surface area contributed by atoms with Crippen LogP contribution in [0.15, 0.2) is 86.0 Å². The lowest BCUT2D eigenvalue weighted by atomic mass is 10.0. The molecule has 4 rings (SSSR count). The largest absolute Gasteiger partial charge is 0.432 e. The predicted octanol–water partition coefficient (Wildman–Crippen LogP) is 10.2. The number of hydrogen-bond donors (Lipinski definition) is 1. The Labute approximate surface area is 328 Å². The molecule has 2 aliphatic heterocycles. The Kier molecular flexibility index (Phi) is 26.1. The van der Waals surface area contributed by atoms with E-state index in [-0.39, 0.29) is 29.8 Å². The summed E-state index contributed by atoms with van der Waals surface area (Å²) in [5.74, 6) is 0. The number of hydrogen-bond acceptors (Lipinski definition) is 7. The zero-order chi connectivity index (χ0) is 39.2. The van der Waals surface area contributed by atoms with Gasteiger partial charge in [-0.1, -0.05) is 93.6 Å². The molecule has 51 heavy (non-hydrogen) atoms. The Balaban J connectivity index is 0.000000724. The molecule has 2 aromatic carbocycles. The fourth-order valence-corrected chi connectivity index (χ4v) is 12.6. The van der Waals surface area contributed by atoms with Gasteiger partial charge in [0.05, 0.1) is 17.5 Å². The molecule has 0 aliphatic carbocycles. The van der Waals surface area contributed by atoms with Gasteiger partial charge in [0.15, 0.2) is 0 Å². The standard InChI is InChI=1S/C16H25NO2Si.C13H18ClNOSi.C6H15N.C3H8O.CH2Cl2/c1-6-12-20(18-13(2)3)17(5)14(4)16(19-20)15-10-8-7-9-11-15;1-4-10-17(14)15(3)11(2)13(16-17)12-8-6-5-7-9-12;1-4-7(5-2)6-3;1-3(2)4;2-1-3/h6-11,13-14,16H,1,12H2,2-5H3;4-9,11,13H,1,10H2,2-3H3;4-6H2,1-3H3;3-4H,1-2H3;1H2/t14-,16+,20?;11-,13+,17?;;;/m00.../s1. The van der Waals surface area contributed by atoms with Gasteiger partial charge < -0.3 is 23.3 Å². The lowest BCUT2D eigenvalue weighted by Gasteiger charge is -2.32. The van der Waals surface area contributed by atoms with Crippen molar-refractivity contribution in [3.05, 3.63) is 97.1 Å². The van der Waals surface area contributed by atoms with Crippen LogP contribution in [0.3, 0.4) is 0 Å². The van der Waals surface area contributed by atoms with Crippen LogP contribution in [0.25, 0.3) is 0 Å². The van der Waals surface area contributed by atoms with Crippen molar-refractivity contribution in [3.63, 3.8) is 0 Å². The molecule has 2 saturated heterocycles. The zero-order valence-corrected chi connectivity index (χ0v) is 37.5. The van der Waals surface area contributed by atoms with Gasteiger partial charge in [-0.2, -0.15) is 0 Å². The molecular weight excluding hydrogens is 737 g/mol. The second-order valence-corrected chi connectivity index (χ2v) is 21.3. The normalized spacial score (nSPS) is 25.8. The number of benzene rings is 2. The van der Waals surface area contributed by atoms with Crippen molar-refractivity contribution in [1.29, 1.82) is 0 Å². The minimum absolute atomic E-state index is 0.0744. The highest BCUT2D eigenvalue weighted by Crippen LogP contribution is 2.42. The molecule has 2 heterocycles. The highest BCUT2D eigenvalue weighted by molar-refractivity contribution is 7.15. The molecule has 0 aromatic heterocycles. The highest BCUT2D eigenvalue weighted by atomic mass is 35.6. The molecule has 2 aliphatic rings. The van der Waals surface area contributed by atoms with Gasteiger partial charge in [-0.25, -0.2) is 0 Å². The Morgan fingerprint density at radius 3 is 1.49 bits per heavy atom. The van der Waals surface area contributed by atoms with Gasteiger partial charge >= 0.3 is 16.5 Å². The third kappa shape index (κ3) is 16.9. The van der Waals surface area contributed by atoms with E-state index in [2.05, 4.69) is 126 Å². The van der Waals surface area contributed by atoms with Crippen molar-refractivity contribution < 1.29 is 18.4 Å². The van der Waals surface area contributed by atoms with E-state index in [1.165, 1.54) is 30.8 Å². The Morgan fingerprint density at radius 2 is 1.16 bits per heavy atom. The summed E-state index contributed by atoms with van der Waals surface area (Å²) in [5.41, 5.74) is 2.42. The van der Waals surface area contributed by atoms with Gasteiger partial charge in [-0.15, -0.1) is 47.4 Å². The molecule has 2 aromatic rings. The van der Waals surface area contributed by atoms with Gasteiger partial charge in [0.2, 0.25) is 0 Å². The summed E-state index contributed by atoms with van der Waals surface area (Å²) in [6, 6.07) is 22.8. The number of allylic oxidation sites excluding steroid dienone is 2. The van der Waals surface area contributed by atoms with Crippen LogP contribution in [-0.2, 0) is 13.3 Å². The Bertz CT molecular complexity index is 1180. The Morgan fingerprint density at radius 1 is 0.784 bits per heavy atom. The first-order chi connectivity index (χ1) is 24.1. The first-order valence-corrected chi connectivity index (χ1v) is 24.2. The molecule has 0 bridgehead atoms. The number of nitrogens with zero attached hydrogens (tertiary/aromatic N) is 3. The van der Waals surface area contributed by atoms with Crippen molar-refractivity contribution in [3.8, 4) is 0 Å². The molecule has 0 spiro atoms. The molecule has 0 radical (unpaired) electrons. The smallest absolute Gasteiger partial charge is 0.394 e. The maximum absolute atomic E-state index is 8.06. The van der Waals surface area contributed by atoms with Crippen molar-refractivity contribution in [2.45, 2.75) is 111 Å². The van der Waals surface area contributed by atoms with Crippen molar-refractivity contribution in [2.75, 3.05) is 39.1 Å². The zero-order valence-electron chi connectivity index (χ0n) is 33.2. The van der Waals surface area contributed by atoms with E-state index in [1.54, 1.807) is 13.8 Å². The fraction of sp³-hybridized carbons (Fsp3) is 0.590. The van der Waals surface area contributed by atoms with E-state index in [1.807, 2.05) is 36.4 Å². The van der Waals surface area contributed by atoms with E-state index in [0.29, 0.717) is 12.1 Å². The van der Waals surface area contributed by atoms with Crippen LogP contribution in [0.4, 0.5) is 0 Å². The quantitative estimate of drug-likeness (QED) is 0.105. The van der Waals surface area contributed by atoms with Gasteiger partial charge in [-0.3, -0.25) is 9.13 Å². The van der Waals surface area contributed by atoms with Gasteiger partial charge in [0.1, 0.15) is 0 Å². The van der Waals surface area contributed by atoms with E-state index in [0.717, 1.165) is 12.1 Å². The highest BCUT2D eigenvalue weighted by Gasteiger charge is 2.55. The summed E-state index contributed by atoms with van der Waals surface area (Å²) in [4.78, 5) is 2.38. The number of rotatable bonds is 11. The molecule has 0 saturated carbocycles. The molecule has 7 nitrogen and oxygen atoms in total. The van der Waals surface area contributed by atoms with Crippen molar-refractivity contribution >= 4 is 50.8 Å². The topological polar surface area (TPSA) is 57.6 Å². The summed E-state index contributed by atoms with van der Waals surface area (Å²) >= 11 is 16.2. The van der Waals surface area contributed by atoms with Gasteiger partial charge in [0, 0.05) is 36.4 Å². The number of aliphatic hydroxyl groups excluding tert-OH is 1. The van der Waals surface area contributed by atoms with Gasteiger partial charge in [-0.05, 0) is 86.4 Å². The monoisotopic (exact) mass is 803 g/mol. The van der Waals surface area contributed by atoms with Crippen LogP contribution < -0.4 is 0 Å². The fourth-order valence-electron chi connectivity index (χ4n) is 5.70. The lowest BCUT2D eigenvalue weighted by Crippen LogP contribution is -2.54. The first-order valence-electron chi connectivity index (χ1n) is 18.1. The molecule has 1 N–H and O–H groups in total. The van der Waals surface area contributed by atoms with Crippen molar-refractivity contribution in [2.24, 2.45) is 0 Å². The first kappa shape index (κ1) is 49.9. The van der Waals surface area contributed by atoms with Crippen LogP contribution in [0.1, 0.15) is 85.6 Å². The predicted molar refractivity (Wildman–Crippen MR) is 226 cm³/mol. The summed E-state index contributed by atoms with van der Waals surface area (Å²) < 4.78 is 23.4. The molecule has 12 heteroatoms. The average molecular weight is 806 g/mol. The second kappa shape index (κ2) is 26.7. The third-order valence-corrected chi connectivity index (χ3v) is 16.7. The maximum atomic E-state index is 8.06. The third-order valence-electron chi connectivity index (χ3n) is 8.60.